The number of aromatic nitrogens is 2. The van der Waals surface area contributed by atoms with Gasteiger partial charge in [-0.2, -0.15) is 0 Å². The summed E-state index contributed by atoms with van der Waals surface area (Å²) in [7, 11) is 0. The standard InChI is InChI=1S/C15H18FN3/c1-9-6-7-11(16)8-12(9)14-15(17)19-10(2)4-3-5-13(19)18-14/h6-8,10H,3-5,17H2,1-2H3. The Labute approximate surface area is 112 Å². The number of hydrogen-bond acceptors (Lipinski definition) is 2. The number of halogens is 1. The van der Waals surface area contributed by atoms with E-state index in [0.717, 1.165) is 41.9 Å². The van der Waals surface area contributed by atoms with Crippen LogP contribution in [0.2, 0.25) is 0 Å². The third-order valence-electron chi connectivity index (χ3n) is 3.94. The molecule has 2 heterocycles. The van der Waals surface area contributed by atoms with E-state index in [2.05, 4.69) is 16.5 Å². The fraction of sp³-hybridized carbons (Fsp3) is 0.400. The van der Waals surface area contributed by atoms with Gasteiger partial charge in [0.25, 0.3) is 0 Å². The molecule has 3 rings (SSSR count). The van der Waals surface area contributed by atoms with E-state index in [1.54, 1.807) is 6.07 Å². The zero-order valence-corrected chi connectivity index (χ0v) is 11.3. The normalized spacial score (nSPS) is 18.4. The Balaban J connectivity index is 2.19. The van der Waals surface area contributed by atoms with E-state index < -0.39 is 0 Å². The lowest BCUT2D eigenvalue weighted by atomic mass is 10.1. The first-order valence-electron chi connectivity index (χ1n) is 6.71. The van der Waals surface area contributed by atoms with Crippen molar-refractivity contribution in [2.24, 2.45) is 0 Å². The van der Waals surface area contributed by atoms with Crippen molar-refractivity contribution in [1.82, 2.24) is 9.55 Å². The van der Waals surface area contributed by atoms with E-state index in [1.807, 2.05) is 6.92 Å². The Morgan fingerprint density at radius 2 is 2.21 bits per heavy atom. The molecular weight excluding hydrogens is 241 g/mol. The lowest BCUT2D eigenvalue weighted by Crippen LogP contribution is -2.16. The van der Waals surface area contributed by atoms with E-state index in [1.165, 1.54) is 12.1 Å². The van der Waals surface area contributed by atoms with E-state index >= 15 is 0 Å². The Kier molecular flexibility index (Phi) is 2.81. The van der Waals surface area contributed by atoms with Gasteiger partial charge in [-0.3, -0.25) is 0 Å². The maximum absolute atomic E-state index is 13.4. The molecule has 1 unspecified atom stereocenters. The number of nitrogen functional groups attached to an aromatic ring is 1. The van der Waals surface area contributed by atoms with Crippen molar-refractivity contribution in [2.45, 2.75) is 39.2 Å². The van der Waals surface area contributed by atoms with Gasteiger partial charge in [-0.1, -0.05) is 6.07 Å². The molecule has 0 saturated carbocycles. The van der Waals surface area contributed by atoms with Crippen molar-refractivity contribution in [3.8, 4) is 11.3 Å². The molecule has 19 heavy (non-hydrogen) atoms. The molecule has 100 valence electrons. The molecule has 0 radical (unpaired) electrons. The minimum atomic E-state index is -0.251. The number of nitrogens with two attached hydrogens (primary N) is 1. The molecule has 0 bridgehead atoms. The summed E-state index contributed by atoms with van der Waals surface area (Å²) in [5.41, 5.74) is 8.76. The zero-order valence-electron chi connectivity index (χ0n) is 11.3. The maximum atomic E-state index is 13.4. The van der Waals surface area contributed by atoms with Crippen LogP contribution in [0.25, 0.3) is 11.3 Å². The molecule has 1 aromatic carbocycles. The number of benzene rings is 1. The minimum Gasteiger partial charge on any atom is -0.383 e. The predicted molar refractivity (Wildman–Crippen MR) is 74.4 cm³/mol. The molecule has 1 aliphatic heterocycles. The molecule has 1 aliphatic rings. The fourth-order valence-electron chi connectivity index (χ4n) is 2.89. The van der Waals surface area contributed by atoms with E-state index in [9.17, 15) is 4.39 Å². The van der Waals surface area contributed by atoms with Crippen LogP contribution < -0.4 is 5.73 Å². The molecule has 0 spiro atoms. The highest BCUT2D eigenvalue weighted by molar-refractivity contribution is 5.74. The molecule has 0 aliphatic carbocycles. The summed E-state index contributed by atoms with van der Waals surface area (Å²) in [5.74, 6) is 1.44. The van der Waals surface area contributed by atoms with Crippen LogP contribution in [-0.4, -0.2) is 9.55 Å². The largest absolute Gasteiger partial charge is 0.383 e. The number of fused-ring (bicyclic) bond motifs is 1. The van der Waals surface area contributed by atoms with E-state index in [-0.39, 0.29) is 5.82 Å². The quantitative estimate of drug-likeness (QED) is 0.852. The zero-order chi connectivity index (χ0) is 13.6. The van der Waals surface area contributed by atoms with Crippen molar-refractivity contribution < 1.29 is 4.39 Å². The molecule has 2 aromatic rings. The Morgan fingerprint density at radius 3 is 2.95 bits per heavy atom. The Hall–Kier alpha value is -1.84. The minimum absolute atomic E-state index is 0.251. The average molecular weight is 259 g/mol. The van der Waals surface area contributed by atoms with Gasteiger partial charge in [-0.15, -0.1) is 0 Å². The van der Waals surface area contributed by atoms with Gasteiger partial charge in [0.2, 0.25) is 0 Å². The first-order valence-corrected chi connectivity index (χ1v) is 6.71. The summed E-state index contributed by atoms with van der Waals surface area (Å²) < 4.78 is 15.5. The summed E-state index contributed by atoms with van der Waals surface area (Å²) >= 11 is 0. The molecule has 0 fully saturated rings. The van der Waals surface area contributed by atoms with Crippen LogP contribution in [0, 0.1) is 12.7 Å². The third-order valence-corrected chi connectivity index (χ3v) is 3.94. The first kappa shape index (κ1) is 12.2. The van der Waals surface area contributed by atoms with Crippen molar-refractivity contribution in [3.05, 3.63) is 35.4 Å². The second kappa shape index (κ2) is 4.37. The second-order valence-corrected chi connectivity index (χ2v) is 5.33. The fourth-order valence-corrected chi connectivity index (χ4v) is 2.89. The Morgan fingerprint density at radius 1 is 1.42 bits per heavy atom. The van der Waals surface area contributed by atoms with Crippen LogP contribution in [0.5, 0.6) is 0 Å². The Bertz CT molecular complexity index is 631. The number of rotatable bonds is 1. The predicted octanol–water partition coefficient (Wildman–Crippen LogP) is 3.48. The van der Waals surface area contributed by atoms with Gasteiger partial charge in [-0.05, 0) is 44.4 Å². The monoisotopic (exact) mass is 259 g/mol. The molecular formula is C15H18FN3. The maximum Gasteiger partial charge on any atom is 0.131 e. The van der Waals surface area contributed by atoms with Crippen molar-refractivity contribution in [2.75, 3.05) is 5.73 Å². The number of anilines is 1. The number of nitrogens with zero attached hydrogens (tertiary/aromatic N) is 2. The third kappa shape index (κ3) is 1.91. The number of imidazole rings is 1. The molecule has 0 amide bonds. The van der Waals surface area contributed by atoms with Crippen molar-refractivity contribution in [1.29, 1.82) is 0 Å². The van der Waals surface area contributed by atoms with Crippen molar-refractivity contribution in [3.63, 3.8) is 0 Å². The van der Waals surface area contributed by atoms with Gasteiger partial charge in [0.05, 0.1) is 0 Å². The molecule has 2 N–H and O–H groups in total. The van der Waals surface area contributed by atoms with Crippen molar-refractivity contribution >= 4 is 5.82 Å². The SMILES string of the molecule is Cc1ccc(F)cc1-c1nc2n(c1N)C(C)CCC2. The average Bonchev–Trinajstić information content (AvgIpc) is 2.71. The summed E-state index contributed by atoms with van der Waals surface area (Å²) in [5, 5.41) is 0. The van der Waals surface area contributed by atoms with Gasteiger partial charge < -0.3 is 10.3 Å². The van der Waals surface area contributed by atoms with Crippen LogP contribution in [0.15, 0.2) is 18.2 Å². The van der Waals surface area contributed by atoms with E-state index in [4.69, 9.17) is 5.73 Å². The van der Waals surface area contributed by atoms with Crippen LogP contribution in [-0.2, 0) is 6.42 Å². The highest BCUT2D eigenvalue weighted by Crippen LogP contribution is 2.35. The number of hydrogen-bond donors (Lipinski definition) is 1. The molecule has 1 atom stereocenters. The lowest BCUT2D eigenvalue weighted by molar-refractivity contribution is 0.430. The van der Waals surface area contributed by atoms with Crippen LogP contribution in [0.4, 0.5) is 10.2 Å². The van der Waals surface area contributed by atoms with Gasteiger partial charge in [-0.25, -0.2) is 9.37 Å². The summed E-state index contributed by atoms with van der Waals surface area (Å²) in [6.45, 7) is 4.11. The summed E-state index contributed by atoms with van der Waals surface area (Å²) in [6, 6.07) is 5.13. The van der Waals surface area contributed by atoms with Gasteiger partial charge in [0.1, 0.15) is 23.2 Å². The number of aryl methyl sites for hydroxylation is 2. The smallest absolute Gasteiger partial charge is 0.131 e. The molecule has 3 nitrogen and oxygen atoms in total. The van der Waals surface area contributed by atoms with Crippen LogP contribution in [0.1, 0.15) is 37.2 Å². The van der Waals surface area contributed by atoms with Crippen LogP contribution in [0.3, 0.4) is 0 Å². The highest BCUT2D eigenvalue weighted by atomic mass is 19.1. The van der Waals surface area contributed by atoms with Crippen LogP contribution >= 0.6 is 0 Å². The van der Waals surface area contributed by atoms with Gasteiger partial charge in [0, 0.05) is 18.0 Å². The van der Waals surface area contributed by atoms with Gasteiger partial charge >= 0.3 is 0 Å². The lowest BCUT2D eigenvalue weighted by Gasteiger charge is -2.22. The summed E-state index contributed by atoms with van der Waals surface area (Å²) in [4.78, 5) is 4.64. The van der Waals surface area contributed by atoms with Gasteiger partial charge in [0.15, 0.2) is 0 Å². The molecule has 1 aromatic heterocycles. The second-order valence-electron chi connectivity index (χ2n) is 5.33. The van der Waals surface area contributed by atoms with E-state index in [0.29, 0.717) is 11.9 Å². The summed E-state index contributed by atoms with van der Waals surface area (Å²) in [6.07, 6.45) is 3.21. The topological polar surface area (TPSA) is 43.8 Å². The highest BCUT2D eigenvalue weighted by Gasteiger charge is 2.23. The molecule has 0 saturated heterocycles. The molecule has 4 heteroatoms. The first-order chi connectivity index (χ1) is 9.08.